The predicted octanol–water partition coefficient (Wildman–Crippen LogP) is 1.71. The van der Waals surface area contributed by atoms with Crippen LogP contribution in [0.1, 0.15) is 24.2 Å². The zero-order chi connectivity index (χ0) is 13.0. The van der Waals surface area contributed by atoms with Crippen molar-refractivity contribution in [1.82, 2.24) is 5.32 Å². The van der Waals surface area contributed by atoms with E-state index in [0.29, 0.717) is 0 Å². The Morgan fingerprint density at radius 1 is 1.35 bits per heavy atom. The topological polar surface area (TPSA) is 49.3 Å². The molecule has 0 radical (unpaired) electrons. The Morgan fingerprint density at radius 3 is 2.47 bits per heavy atom. The molecule has 3 nitrogen and oxygen atoms in total. The summed E-state index contributed by atoms with van der Waals surface area (Å²) in [6.07, 6.45) is 0. The molecule has 1 aromatic carbocycles. The number of hydrogen-bond acceptors (Lipinski definition) is 2. The summed E-state index contributed by atoms with van der Waals surface area (Å²) in [7, 11) is 0. The van der Waals surface area contributed by atoms with Crippen molar-refractivity contribution in [2.45, 2.75) is 19.9 Å². The van der Waals surface area contributed by atoms with Crippen molar-refractivity contribution in [3.05, 3.63) is 35.4 Å². The van der Waals surface area contributed by atoms with Crippen molar-refractivity contribution in [1.29, 1.82) is 0 Å². The molecule has 5 heteroatoms. The first kappa shape index (κ1) is 13.6. The minimum Gasteiger partial charge on any atom is -0.394 e. The molecule has 0 aromatic heterocycles. The van der Waals surface area contributed by atoms with Gasteiger partial charge in [0.25, 0.3) is 5.91 Å². The van der Waals surface area contributed by atoms with Gasteiger partial charge < -0.3 is 10.4 Å². The van der Waals surface area contributed by atoms with Gasteiger partial charge in [0, 0.05) is 5.56 Å². The molecule has 0 saturated carbocycles. The number of benzene rings is 1. The second kappa shape index (κ2) is 5.72. The fourth-order valence-electron chi connectivity index (χ4n) is 1.31. The Balaban J connectivity index is 2.79. The van der Waals surface area contributed by atoms with Crippen molar-refractivity contribution >= 4 is 5.91 Å². The maximum absolute atomic E-state index is 12.9. The molecule has 1 amide bonds. The van der Waals surface area contributed by atoms with Gasteiger partial charge in [-0.25, -0.2) is 8.78 Å². The van der Waals surface area contributed by atoms with Gasteiger partial charge >= 0.3 is 0 Å². The Morgan fingerprint density at radius 2 is 2.00 bits per heavy atom. The van der Waals surface area contributed by atoms with E-state index in [0.717, 1.165) is 12.1 Å². The normalized spacial score (nSPS) is 12.6. The zero-order valence-corrected chi connectivity index (χ0v) is 9.71. The van der Waals surface area contributed by atoms with E-state index in [4.69, 9.17) is 5.11 Å². The van der Waals surface area contributed by atoms with E-state index in [2.05, 4.69) is 5.32 Å². The summed E-state index contributed by atoms with van der Waals surface area (Å²) in [5.74, 6) is -2.54. The summed E-state index contributed by atoms with van der Waals surface area (Å²) in [5, 5.41) is 11.6. The lowest BCUT2D eigenvalue weighted by Gasteiger charge is -2.19. The summed E-state index contributed by atoms with van der Waals surface area (Å²) < 4.78 is 25.6. The number of rotatable bonds is 4. The minimum absolute atomic E-state index is 0.0306. The van der Waals surface area contributed by atoms with E-state index in [1.807, 2.05) is 13.8 Å². The first-order valence-corrected chi connectivity index (χ1v) is 5.32. The van der Waals surface area contributed by atoms with E-state index in [9.17, 15) is 13.6 Å². The number of amides is 1. The van der Waals surface area contributed by atoms with Gasteiger partial charge in [0.15, 0.2) is 11.6 Å². The molecule has 1 aromatic rings. The van der Waals surface area contributed by atoms with E-state index in [1.165, 1.54) is 6.07 Å². The number of nitrogens with one attached hydrogen (secondary N) is 1. The van der Waals surface area contributed by atoms with Gasteiger partial charge in [-0.3, -0.25) is 4.79 Å². The molecule has 0 bridgehead atoms. The number of hydrogen-bond donors (Lipinski definition) is 2. The van der Waals surface area contributed by atoms with Gasteiger partial charge in [-0.15, -0.1) is 0 Å². The average Bonchev–Trinajstić information content (AvgIpc) is 2.28. The maximum atomic E-state index is 12.9. The van der Waals surface area contributed by atoms with Crippen LogP contribution in [0.2, 0.25) is 0 Å². The Kier molecular flexibility index (Phi) is 4.57. The molecule has 0 spiro atoms. The highest BCUT2D eigenvalue weighted by atomic mass is 19.2. The van der Waals surface area contributed by atoms with Gasteiger partial charge in [0.1, 0.15) is 0 Å². The highest BCUT2D eigenvalue weighted by Gasteiger charge is 2.17. The van der Waals surface area contributed by atoms with E-state index in [1.54, 1.807) is 0 Å². The summed E-state index contributed by atoms with van der Waals surface area (Å²) in [4.78, 5) is 11.7. The lowest BCUT2D eigenvalue weighted by Crippen LogP contribution is -2.41. The van der Waals surface area contributed by atoms with E-state index in [-0.39, 0.29) is 18.1 Å². The lowest BCUT2D eigenvalue weighted by molar-refractivity contribution is 0.0896. The smallest absolute Gasteiger partial charge is 0.251 e. The van der Waals surface area contributed by atoms with Crippen LogP contribution in [0.25, 0.3) is 0 Å². The van der Waals surface area contributed by atoms with Crippen LogP contribution >= 0.6 is 0 Å². The second-order valence-electron chi connectivity index (χ2n) is 4.14. The molecule has 94 valence electrons. The van der Waals surface area contributed by atoms with Crippen LogP contribution in [0.3, 0.4) is 0 Å². The van der Waals surface area contributed by atoms with Gasteiger partial charge in [-0.1, -0.05) is 13.8 Å². The molecular formula is C12H15F2NO2. The number of aliphatic hydroxyl groups excluding tert-OH is 1. The zero-order valence-electron chi connectivity index (χ0n) is 9.71. The van der Waals surface area contributed by atoms with Gasteiger partial charge in [0.2, 0.25) is 0 Å². The molecular weight excluding hydrogens is 228 g/mol. The van der Waals surface area contributed by atoms with Crippen LogP contribution < -0.4 is 5.32 Å². The van der Waals surface area contributed by atoms with Gasteiger partial charge in [-0.05, 0) is 24.1 Å². The third kappa shape index (κ3) is 3.49. The Labute approximate surface area is 98.5 Å². The van der Waals surface area contributed by atoms with Crippen molar-refractivity contribution in [3.63, 3.8) is 0 Å². The van der Waals surface area contributed by atoms with Crippen LogP contribution in [0, 0.1) is 17.6 Å². The standard InChI is InChI=1S/C12H15F2NO2/c1-7(2)11(6-16)15-12(17)8-3-4-9(13)10(14)5-8/h3-5,7,11,16H,6H2,1-2H3,(H,15,17). The molecule has 0 aliphatic rings. The minimum atomic E-state index is -1.07. The highest BCUT2D eigenvalue weighted by molar-refractivity contribution is 5.94. The molecule has 0 fully saturated rings. The average molecular weight is 243 g/mol. The summed E-state index contributed by atoms with van der Waals surface area (Å²) in [6, 6.07) is 2.52. The fourth-order valence-corrected chi connectivity index (χ4v) is 1.31. The lowest BCUT2D eigenvalue weighted by atomic mass is 10.0. The predicted molar refractivity (Wildman–Crippen MR) is 59.5 cm³/mol. The Bertz CT molecular complexity index is 407. The molecule has 1 atom stereocenters. The molecule has 0 saturated heterocycles. The monoisotopic (exact) mass is 243 g/mol. The third-order valence-electron chi connectivity index (χ3n) is 2.50. The summed E-state index contributed by atoms with van der Waals surface area (Å²) in [5.41, 5.74) is 0.0306. The fraction of sp³-hybridized carbons (Fsp3) is 0.417. The number of halogens is 2. The van der Waals surface area contributed by atoms with Crippen LogP contribution in [-0.2, 0) is 0 Å². The summed E-state index contributed by atoms with van der Waals surface area (Å²) >= 11 is 0. The van der Waals surface area contributed by atoms with Gasteiger partial charge in [0.05, 0.1) is 12.6 Å². The Hall–Kier alpha value is -1.49. The van der Waals surface area contributed by atoms with Gasteiger partial charge in [-0.2, -0.15) is 0 Å². The molecule has 0 aliphatic carbocycles. The molecule has 17 heavy (non-hydrogen) atoms. The van der Waals surface area contributed by atoms with Crippen molar-refractivity contribution in [2.75, 3.05) is 6.61 Å². The van der Waals surface area contributed by atoms with E-state index >= 15 is 0 Å². The second-order valence-corrected chi connectivity index (χ2v) is 4.14. The third-order valence-corrected chi connectivity index (χ3v) is 2.50. The number of aliphatic hydroxyl groups is 1. The van der Waals surface area contributed by atoms with Crippen LogP contribution in [0.4, 0.5) is 8.78 Å². The largest absolute Gasteiger partial charge is 0.394 e. The van der Waals surface area contributed by atoms with Crippen molar-refractivity contribution in [2.24, 2.45) is 5.92 Å². The molecule has 1 rings (SSSR count). The highest BCUT2D eigenvalue weighted by Crippen LogP contribution is 2.09. The van der Waals surface area contributed by atoms with E-state index < -0.39 is 23.6 Å². The van der Waals surface area contributed by atoms with Crippen molar-refractivity contribution < 1.29 is 18.7 Å². The number of carbonyl (C=O) groups is 1. The van der Waals surface area contributed by atoms with Crippen LogP contribution in [-0.4, -0.2) is 23.7 Å². The van der Waals surface area contributed by atoms with Crippen LogP contribution in [0.15, 0.2) is 18.2 Å². The first-order chi connectivity index (χ1) is 7.95. The number of carbonyl (C=O) groups excluding carboxylic acids is 1. The molecule has 0 aliphatic heterocycles. The first-order valence-electron chi connectivity index (χ1n) is 5.32. The maximum Gasteiger partial charge on any atom is 0.251 e. The molecule has 2 N–H and O–H groups in total. The van der Waals surface area contributed by atoms with Crippen molar-refractivity contribution in [3.8, 4) is 0 Å². The van der Waals surface area contributed by atoms with Crippen LogP contribution in [0.5, 0.6) is 0 Å². The molecule has 1 unspecified atom stereocenters. The molecule has 0 heterocycles. The quantitative estimate of drug-likeness (QED) is 0.845. The summed E-state index contributed by atoms with van der Waals surface area (Å²) in [6.45, 7) is 3.48. The SMILES string of the molecule is CC(C)C(CO)NC(=O)c1ccc(F)c(F)c1.